The van der Waals surface area contributed by atoms with Gasteiger partial charge in [0.25, 0.3) is 0 Å². The topological polar surface area (TPSA) is 21.1 Å². The van der Waals surface area contributed by atoms with E-state index in [1.165, 1.54) is 37.1 Å². The molecule has 0 aliphatic carbocycles. The number of fused-ring (bicyclic) bond motifs is 1. The van der Waals surface area contributed by atoms with Crippen molar-refractivity contribution in [3.8, 4) is 0 Å². The zero-order chi connectivity index (χ0) is 11.8. The van der Waals surface area contributed by atoms with Gasteiger partial charge in [-0.2, -0.15) is 0 Å². The van der Waals surface area contributed by atoms with Crippen LogP contribution in [0.25, 0.3) is 11.0 Å². The van der Waals surface area contributed by atoms with E-state index in [-0.39, 0.29) is 0 Å². The Morgan fingerprint density at radius 1 is 1.24 bits per heavy atom. The molecular formula is C14H19N3. The lowest BCUT2D eigenvalue weighted by molar-refractivity contribution is 0.622. The zero-order valence-corrected chi connectivity index (χ0v) is 10.6. The molecule has 3 rings (SSSR count). The molecule has 0 saturated carbocycles. The molecule has 1 saturated heterocycles. The number of rotatable bonds is 2. The SMILES string of the molecule is CC(C)n1cc(N2CCCC2)c2ncccc21. The van der Waals surface area contributed by atoms with Gasteiger partial charge < -0.3 is 9.47 Å². The molecule has 3 heterocycles. The van der Waals surface area contributed by atoms with Crippen molar-refractivity contribution in [2.24, 2.45) is 0 Å². The zero-order valence-electron chi connectivity index (χ0n) is 10.6. The minimum Gasteiger partial charge on any atom is -0.369 e. The van der Waals surface area contributed by atoms with Crippen molar-refractivity contribution in [1.29, 1.82) is 0 Å². The van der Waals surface area contributed by atoms with Gasteiger partial charge in [-0.05, 0) is 38.8 Å². The summed E-state index contributed by atoms with van der Waals surface area (Å²) in [6.45, 7) is 6.79. The van der Waals surface area contributed by atoms with Crippen molar-refractivity contribution in [1.82, 2.24) is 9.55 Å². The normalized spacial score (nSPS) is 16.3. The lowest BCUT2D eigenvalue weighted by Crippen LogP contribution is -2.17. The molecule has 90 valence electrons. The van der Waals surface area contributed by atoms with E-state index in [1.54, 1.807) is 0 Å². The van der Waals surface area contributed by atoms with Crippen LogP contribution in [0.15, 0.2) is 24.5 Å². The predicted molar refractivity (Wildman–Crippen MR) is 71.6 cm³/mol. The summed E-state index contributed by atoms with van der Waals surface area (Å²) in [5.41, 5.74) is 3.72. The van der Waals surface area contributed by atoms with Crippen LogP contribution in [0.3, 0.4) is 0 Å². The van der Waals surface area contributed by atoms with Crippen molar-refractivity contribution in [3.05, 3.63) is 24.5 Å². The third kappa shape index (κ3) is 1.70. The van der Waals surface area contributed by atoms with E-state index in [9.17, 15) is 0 Å². The van der Waals surface area contributed by atoms with Crippen LogP contribution < -0.4 is 4.90 Å². The van der Waals surface area contributed by atoms with Crippen molar-refractivity contribution >= 4 is 16.7 Å². The number of aromatic nitrogens is 2. The number of pyridine rings is 1. The summed E-state index contributed by atoms with van der Waals surface area (Å²) in [5, 5.41) is 0. The maximum atomic E-state index is 4.57. The van der Waals surface area contributed by atoms with Crippen LogP contribution in [0.4, 0.5) is 5.69 Å². The highest BCUT2D eigenvalue weighted by molar-refractivity contribution is 5.90. The van der Waals surface area contributed by atoms with Gasteiger partial charge in [0.05, 0.1) is 11.2 Å². The molecule has 17 heavy (non-hydrogen) atoms. The highest BCUT2D eigenvalue weighted by Crippen LogP contribution is 2.31. The average molecular weight is 229 g/mol. The van der Waals surface area contributed by atoms with Crippen LogP contribution in [-0.2, 0) is 0 Å². The highest BCUT2D eigenvalue weighted by Gasteiger charge is 2.19. The van der Waals surface area contributed by atoms with E-state index in [2.05, 4.69) is 40.6 Å². The Morgan fingerprint density at radius 3 is 2.71 bits per heavy atom. The van der Waals surface area contributed by atoms with Crippen LogP contribution in [0.5, 0.6) is 0 Å². The summed E-state index contributed by atoms with van der Waals surface area (Å²) in [6, 6.07) is 4.68. The van der Waals surface area contributed by atoms with Crippen LogP contribution in [0.2, 0.25) is 0 Å². The molecule has 2 aromatic rings. The van der Waals surface area contributed by atoms with E-state index in [0.29, 0.717) is 6.04 Å². The summed E-state index contributed by atoms with van der Waals surface area (Å²) in [7, 11) is 0. The third-order valence-electron chi connectivity index (χ3n) is 3.57. The quantitative estimate of drug-likeness (QED) is 0.788. The first-order valence-electron chi connectivity index (χ1n) is 6.48. The van der Waals surface area contributed by atoms with Gasteiger partial charge >= 0.3 is 0 Å². The van der Waals surface area contributed by atoms with Crippen molar-refractivity contribution in [3.63, 3.8) is 0 Å². The van der Waals surface area contributed by atoms with Gasteiger partial charge in [-0.3, -0.25) is 4.98 Å². The standard InChI is InChI=1S/C14H19N3/c1-11(2)17-10-13(16-8-3-4-9-16)14-12(17)6-5-7-15-14/h5-7,10-11H,3-4,8-9H2,1-2H3. The summed E-state index contributed by atoms with van der Waals surface area (Å²) in [6.07, 6.45) is 6.78. The Hall–Kier alpha value is -1.51. The number of hydrogen-bond acceptors (Lipinski definition) is 2. The first kappa shape index (κ1) is 10.6. The monoisotopic (exact) mass is 229 g/mol. The molecule has 0 unspecified atom stereocenters. The average Bonchev–Trinajstić information content (AvgIpc) is 2.95. The summed E-state index contributed by atoms with van der Waals surface area (Å²) in [4.78, 5) is 7.03. The van der Waals surface area contributed by atoms with E-state index < -0.39 is 0 Å². The van der Waals surface area contributed by atoms with Crippen molar-refractivity contribution in [2.45, 2.75) is 32.7 Å². The summed E-state index contributed by atoms with van der Waals surface area (Å²) >= 11 is 0. The molecule has 0 N–H and O–H groups in total. The fraction of sp³-hybridized carbons (Fsp3) is 0.500. The van der Waals surface area contributed by atoms with Gasteiger partial charge in [0, 0.05) is 31.5 Å². The first-order valence-corrected chi connectivity index (χ1v) is 6.48. The van der Waals surface area contributed by atoms with Crippen molar-refractivity contribution < 1.29 is 0 Å². The Labute approximate surface area is 102 Å². The number of hydrogen-bond donors (Lipinski definition) is 0. The molecule has 0 aromatic carbocycles. The molecule has 0 spiro atoms. The van der Waals surface area contributed by atoms with Gasteiger partial charge in [0.1, 0.15) is 5.52 Å². The second-order valence-corrected chi connectivity index (χ2v) is 5.08. The Balaban J connectivity index is 2.17. The van der Waals surface area contributed by atoms with Gasteiger partial charge in [-0.1, -0.05) is 0 Å². The van der Waals surface area contributed by atoms with Gasteiger partial charge in [0.15, 0.2) is 0 Å². The molecule has 0 atom stereocenters. The van der Waals surface area contributed by atoms with E-state index in [1.807, 2.05) is 12.3 Å². The van der Waals surface area contributed by atoms with Crippen LogP contribution >= 0.6 is 0 Å². The van der Waals surface area contributed by atoms with E-state index >= 15 is 0 Å². The van der Waals surface area contributed by atoms with Gasteiger partial charge in [-0.15, -0.1) is 0 Å². The Bertz CT molecular complexity index is 521. The molecule has 3 heteroatoms. The molecule has 3 nitrogen and oxygen atoms in total. The molecule has 0 radical (unpaired) electrons. The minimum absolute atomic E-state index is 0.484. The smallest absolute Gasteiger partial charge is 0.111 e. The van der Waals surface area contributed by atoms with Gasteiger partial charge in [-0.25, -0.2) is 0 Å². The molecule has 1 aliphatic heterocycles. The number of nitrogens with zero attached hydrogens (tertiary/aromatic N) is 3. The van der Waals surface area contributed by atoms with E-state index in [0.717, 1.165) is 5.52 Å². The largest absolute Gasteiger partial charge is 0.369 e. The minimum atomic E-state index is 0.484. The summed E-state index contributed by atoms with van der Waals surface area (Å²) in [5.74, 6) is 0. The molecule has 2 aromatic heterocycles. The molecule has 0 amide bonds. The van der Waals surface area contributed by atoms with E-state index in [4.69, 9.17) is 0 Å². The predicted octanol–water partition coefficient (Wildman–Crippen LogP) is 3.22. The third-order valence-corrected chi connectivity index (χ3v) is 3.57. The highest BCUT2D eigenvalue weighted by atomic mass is 15.2. The van der Waals surface area contributed by atoms with Gasteiger partial charge in [0.2, 0.25) is 0 Å². The molecule has 1 fully saturated rings. The Kier molecular flexibility index (Phi) is 2.54. The maximum absolute atomic E-state index is 4.57. The van der Waals surface area contributed by atoms with Crippen LogP contribution in [-0.4, -0.2) is 22.6 Å². The summed E-state index contributed by atoms with van der Waals surface area (Å²) < 4.78 is 2.33. The van der Waals surface area contributed by atoms with Crippen LogP contribution in [0, 0.1) is 0 Å². The molecular weight excluding hydrogens is 210 g/mol. The number of anilines is 1. The molecule has 1 aliphatic rings. The lowest BCUT2D eigenvalue weighted by atomic mass is 10.3. The van der Waals surface area contributed by atoms with Crippen LogP contribution in [0.1, 0.15) is 32.7 Å². The first-order chi connectivity index (χ1) is 8.27. The van der Waals surface area contributed by atoms with Crippen molar-refractivity contribution in [2.75, 3.05) is 18.0 Å². The molecule has 0 bridgehead atoms. The fourth-order valence-electron chi connectivity index (χ4n) is 2.68. The second-order valence-electron chi connectivity index (χ2n) is 5.08. The fourth-order valence-corrected chi connectivity index (χ4v) is 2.68. The maximum Gasteiger partial charge on any atom is 0.111 e. The Morgan fingerprint density at radius 2 is 2.00 bits per heavy atom. The lowest BCUT2D eigenvalue weighted by Gasteiger charge is -2.15. The second kappa shape index (κ2) is 4.06.